The molecule has 2 aliphatic carbocycles. The van der Waals surface area contributed by atoms with Gasteiger partial charge in [-0.1, -0.05) is 44.6 Å². The highest BCUT2D eigenvalue weighted by Gasteiger charge is 2.48. The monoisotopic (exact) mass is 1070 g/mol. The molecule has 20 heteroatoms. The van der Waals surface area contributed by atoms with E-state index < -0.39 is 42.1 Å². The van der Waals surface area contributed by atoms with Gasteiger partial charge in [0.1, 0.15) is 48.0 Å². The maximum absolute atomic E-state index is 15.5. The van der Waals surface area contributed by atoms with Crippen molar-refractivity contribution < 1.29 is 51.9 Å². The molecular weight excluding hydrogens is 995 g/mol. The van der Waals surface area contributed by atoms with E-state index >= 15 is 4.39 Å². The maximum Gasteiger partial charge on any atom is 0.336 e. The van der Waals surface area contributed by atoms with Gasteiger partial charge in [0.25, 0.3) is 0 Å². The number of nitrogens with zero attached hydrogens (tertiary/aromatic N) is 7. The number of carboxylic acids is 1. The number of ether oxygens (including phenoxy) is 6. The topological polar surface area (TPSA) is 208 Å². The Balaban J connectivity index is 0.000000232. The van der Waals surface area contributed by atoms with E-state index in [9.17, 15) is 19.1 Å². The van der Waals surface area contributed by atoms with Gasteiger partial charge in [-0.25, -0.2) is 18.7 Å². The Morgan fingerprint density at radius 2 is 1.30 bits per heavy atom. The molecule has 2 fully saturated rings. The van der Waals surface area contributed by atoms with Crippen LogP contribution in [0.5, 0.6) is 23.8 Å². The largest absolute Gasteiger partial charge is 0.481 e. The molecule has 8 rings (SSSR count). The van der Waals surface area contributed by atoms with Crippen LogP contribution in [0.15, 0.2) is 60.9 Å². The summed E-state index contributed by atoms with van der Waals surface area (Å²) in [6.07, 6.45) is 7.60. The molecule has 76 heavy (non-hydrogen) atoms. The Morgan fingerprint density at radius 3 is 1.76 bits per heavy atom. The summed E-state index contributed by atoms with van der Waals surface area (Å²) >= 11 is 0. The number of carboxylic acid groups (broad SMARTS) is 1. The van der Waals surface area contributed by atoms with Gasteiger partial charge in [-0.15, -0.1) is 10.2 Å². The van der Waals surface area contributed by atoms with Crippen LogP contribution in [0.1, 0.15) is 98.1 Å². The highest BCUT2D eigenvalue weighted by atomic mass is 28.3. The normalized spacial score (nSPS) is 14.8. The zero-order valence-corrected chi connectivity index (χ0v) is 46.8. The summed E-state index contributed by atoms with van der Waals surface area (Å²) in [6, 6.07) is 14.8. The van der Waals surface area contributed by atoms with Crippen LogP contribution in [0.4, 0.5) is 8.78 Å². The van der Waals surface area contributed by atoms with Crippen LogP contribution in [0.2, 0.25) is 25.7 Å². The molecule has 0 saturated heterocycles. The standard InChI is InChI=1S/C33H47FN4O5Si.C23H25FN4O4/c1-22(2)42-31-36-29(37-38(31)21-40-15-16-44(7,8)9)25-12-11-24(18-27(25)34)26-19-35-28(17-23(26)3)41-20-33(13-10-14-33)30(39)43-32(4,5)6;1-13(2)32-22-26-20(27-28-22)16-6-5-15(10-18(16)24)17-11-25-19(9-14(17)3)31-12-23(21(29)30)7-4-8-23/h11-12,17-19,22H,10,13-16,20-21H2,1-9H3;5-6,9-11,13H,4,7-8,12H2,1-3H3,(H,29,30)(H,26,27,28). The minimum absolute atomic E-state index is 0.0864. The molecule has 2 aromatic carbocycles. The van der Waals surface area contributed by atoms with E-state index in [1.807, 2.05) is 74.4 Å². The summed E-state index contributed by atoms with van der Waals surface area (Å²) in [6.45, 7) is 24.9. The zero-order chi connectivity index (χ0) is 55.2. The Labute approximate surface area is 444 Å². The number of carbonyl (C=O) groups is 2. The first kappa shape index (κ1) is 56.9. The molecule has 0 spiro atoms. The number of carbonyl (C=O) groups excluding carboxylic acids is 1. The number of H-pyrrole nitrogens is 1. The number of pyridine rings is 2. The molecule has 4 aromatic heterocycles. The number of aromatic amines is 1. The highest BCUT2D eigenvalue weighted by molar-refractivity contribution is 6.76. The Morgan fingerprint density at radius 1 is 0.763 bits per heavy atom. The lowest BCUT2D eigenvalue weighted by atomic mass is 9.69. The molecular formula is C56H72F2N8O9Si. The van der Waals surface area contributed by atoms with Crippen molar-refractivity contribution in [3.05, 3.63) is 83.7 Å². The number of hydrogen-bond donors (Lipinski definition) is 2. The molecule has 0 radical (unpaired) electrons. The lowest BCUT2D eigenvalue weighted by Gasteiger charge is -2.40. The van der Waals surface area contributed by atoms with E-state index in [2.05, 4.69) is 54.9 Å². The van der Waals surface area contributed by atoms with Crippen LogP contribution >= 0.6 is 0 Å². The van der Waals surface area contributed by atoms with Crippen LogP contribution in [-0.4, -0.2) is 103 Å². The molecule has 4 heterocycles. The molecule has 0 aliphatic heterocycles. The van der Waals surface area contributed by atoms with E-state index in [-0.39, 0.29) is 72.9 Å². The fourth-order valence-electron chi connectivity index (χ4n) is 8.39. The predicted molar refractivity (Wildman–Crippen MR) is 286 cm³/mol. The van der Waals surface area contributed by atoms with Crippen LogP contribution < -0.4 is 18.9 Å². The fraction of sp³-hybridized carbons (Fsp3) is 0.500. The number of halogens is 2. The molecule has 0 bridgehead atoms. The number of aliphatic carboxylic acids is 1. The quantitative estimate of drug-likeness (QED) is 0.0390. The Kier molecular flexibility index (Phi) is 17.7. The van der Waals surface area contributed by atoms with Gasteiger partial charge in [0.2, 0.25) is 11.8 Å². The second-order valence-corrected chi connectivity index (χ2v) is 28.2. The van der Waals surface area contributed by atoms with Crippen molar-refractivity contribution in [1.29, 1.82) is 0 Å². The lowest BCUT2D eigenvalue weighted by molar-refractivity contribution is -0.176. The summed E-state index contributed by atoms with van der Waals surface area (Å²) in [4.78, 5) is 41.7. The maximum atomic E-state index is 15.5. The summed E-state index contributed by atoms with van der Waals surface area (Å²) in [7, 11) is -1.23. The zero-order valence-electron chi connectivity index (χ0n) is 45.8. The van der Waals surface area contributed by atoms with Crippen LogP contribution in [0.25, 0.3) is 45.0 Å². The van der Waals surface area contributed by atoms with Gasteiger partial charge in [-0.05, 0) is 141 Å². The predicted octanol–water partition coefficient (Wildman–Crippen LogP) is 11.8. The molecule has 6 aromatic rings. The number of nitrogens with one attached hydrogen (secondary N) is 1. The summed E-state index contributed by atoms with van der Waals surface area (Å²) < 4.78 is 66.3. The second kappa shape index (κ2) is 23.6. The van der Waals surface area contributed by atoms with Gasteiger partial charge >= 0.3 is 24.0 Å². The minimum atomic E-state index is -1.23. The highest BCUT2D eigenvalue weighted by Crippen LogP contribution is 2.44. The van der Waals surface area contributed by atoms with E-state index in [4.69, 9.17) is 28.4 Å². The van der Waals surface area contributed by atoms with E-state index in [0.29, 0.717) is 42.3 Å². The summed E-state index contributed by atoms with van der Waals surface area (Å²) in [5.41, 5.74) is 3.10. The number of aryl methyl sites for hydroxylation is 2. The first-order valence-electron chi connectivity index (χ1n) is 25.9. The SMILES string of the molecule is Cc1cc(OCC2(C(=O)O)CCC2)ncc1-c1ccc(-c2nc(OC(C)C)n[nH]2)c(F)c1.Cc1cc(OCC2(C(=O)OC(C)(C)C)CCC2)ncc1-c1ccc(-c2nc(OC(C)C)n(COCC[Si](C)(C)C)n2)c(F)c1. The van der Waals surface area contributed by atoms with Crippen molar-refractivity contribution in [1.82, 2.24) is 39.9 Å². The Hall–Kier alpha value is -6.80. The number of hydrogen-bond acceptors (Lipinski definition) is 14. The van der Waals surface area contributed by atoms with Gasteiger partial charge in [0.05, 0.1) is 23.3 Å². The number of benzene rings is 2. The summed E-state index contributed by atoms with van der Waals surface area (Å²) in [5.74, 6) is -0.687. The third-order valence-corrected chi connectivity index (χ3v) is 14.8. The Bertz CT molecular complexity index is 2990. The molecule has 0 unspecified atom stereocenters. The van der Waals surface area contributed by atoms with E-state index in [0.717, 1.165) is 54.0 Å². The van der Waals surface area contributed by atoms with E-state index in [1.54, 1.807) is 36.7 Å². The first-order chi connectivity index (χ1) is 35.8. The van der Waals surface area contributed by atoms with Gasteiger partial charge in [-0.2, -0.15) is 14.6 Å². The van der Waals surface area contributed by atoms with Crippen LogP contribution in [0.3, 0.4) is 0 Å². The molecule has 408 valence electrons. The number of rotatable bonds is 21. The molecule has 2 aliphatic rings. The van der Waals surface area contributed by atoms with Crippen LogP contribution in [-0.2, 0) is 25.8 Å². The van der Waals surface area contributed by atoms with Crippen molar-refractivity contribution >= 4 is 20.0 Å². The molecule has 0 atom stereocenters. The molecule has 0 amide bonds. The van der Waals surface area contributed by atoms with Crippen LogP contribution in [0, 0.1) is 36.3 Å². The van der Waals surface area contributed by atoms with Crippen molar-refractivity contribution in [2.24, 2.45) is 10.8 Å². The average Bonchev–Trinajstić information content (AvgIpc) is 3.92. The minimum Gasteiger partial charge on any atom is -0.481 e. The van der Waals surface area contributed by atoms with E-state index in [1.165, 1.54) is 16.8 Å². The third kappa shape index (κ3) is 14.4. The molecule has 2 saturated carbocycles. The molecule has 2 N–H and O–H groups in total. The fourth-order valence-corrected chi connectivity index (χ4v) is 9.15. The average molecular weight is 1070 g/mol. The smallest absolute Gasteiger partial charge is 0.336 e. The third-order valence-electron chi connectivity index (χ3n) is 13.1. The number of esters is 1. The number of aromatic nitrogens is 8. The van der Waals surface area contributed by atoms with Gasteiger partial charge < -0.3 is 33.5 Å². The van der Waals surface area contributed by atoms with Crippen molar-refractivity contribution in [2.45, 2.75) is 151 Å². The second-order valence-electron chi connectivity index (χ2n) is 22.6. The van der Waals surface area contributed by atoms with Gasteiger partial charge in [0.15, 0.2) is 11.6 Å². The summed E-state index contributed by atoms with van der Waals surface area (Å²) in [5, 5.41) is 20.6. The first-order valence-corrected chi connectivity index (χ1v) is 29.6. The lowest BCUT2D eigenvalue weighted by Crippen LogP contribution is -2.46. The van der Waals surface area contributed by atoms with Gasteiger partial charge in [0, 0.05) is 50.3 Å². The van der Waals surface area contributed by atoms with Crippen molar-refractivity contribution in [3.63, 3.8) is 0 Å². The van der Waals surface area contributed by atoms with Crippen molar-refractivity contribution in [3.8, 4) is 68.8 Å². The molecule has 17 nitrogen and oxygen atoms in total. The van der Waals surface area contributed by atoms with Gasteiger partial charge in [-0.3, -0.25) is 14.7 Å². The van der Waals surface area contributed by atoms with Crippen molar-refractivity contribution in [2.75, 3.05) is 19.8 Å².